The molecule has 1 atom stereocenters. The fourth-order valence-corrected chi connectivity index (χ4v) is 1.48. The van der Waals surface area contributed by atoms with E-state index in [0.717, 1.165) is 18.7 Å². The van der Waals surface area contributed by atoms with E-state index in [1.165, 1.54) is 0 Å². The van der Waals surface area contributed by atoms with Crippen molar-refractivity contribution in [1.82, 2.24) is 5.32 Å². The Hall–Kier alpha value is -1.39. The summed E-state index contributed by atoms with van der Waals surface area (Å²) in [6.45, 7) is 3.27. The molecule has 17 heavy (non-hydrogen) atoms. The van der Waals surface area contributed by atoms with Crippen LogP contribution in [0.15, 0.2) is 30.3 Å². The molecule has 1 rings (SSSR count). The van der Waals surface area contributed by atoms with Gasteiger partial charge in [-0.3, -0.25) is 4.79 Å². The summed E-state index contributed by atoms with van der Waals surface area (Å²) in [7, 11) is 0. The van der Waals surface area contributed by atoms with E-state index in [2.05, 4.69) is 10.6 Å². The number of carbonyl (C=O) groups is 1. The van der Waals surface area contributed by atoms with Crippen LogP contribution in [-0.4, -0.2) is 30.7 Å². The first-order valence-corrected chi connectivity index (χ1v) is 5.89. The van der Waals surface area contributed by atoms with E-state index in [1.54, 1.807) is 0 Å². The van der Waals surface area contributed by atoms with Gasteiger partial charge in [0.15, 0.2) is 0 Å². The van der Waals surface area contributed by atoms with Crippen molar-refractivity contribution in [2.24, 2.45) is 5.92 Å². The Bertz CT molecular complexity index is 327. The summed E-state index contributed by atoms with van der Waals surface area (Å²) in [6.07, 6.45) is 0.757. The van der Waals surface area contributed by atoms with Crippen LogP contribution in [0.5, 0.6) is 0 Å². The van der Waals surface area contributed by atoms with Gasteiger partial charge in [-0.05, 0) is 31.0 Å². The van der Waals surface area contributed by atoms with Gasteiger partial charge in [-0.1, -0.05) is 25.1 Å². The van der Waals surface area contributed by atoms with Gasteiger partial charge in [0.25, 0.3) is 0 Å². The summed E-state index contributed by atoms with van der Waals surface area (Å²) < 4.78 is 0. The molecular weight excluding hydrogens is 216 g/mol. The number of carbonyl (C=O) groups excluding carboxylic acids is 1. The fraction of sp³-hybridized carbons (Fsp3) is 0.462. The average Bonchev–Trinajstić information content (AvgIpc) is 2.30. The second kappa shape index (κ2) is 7.81. The van der Waals surface area contributed by atoms with Crippen molar-refractivity contribution in [2.45, 2.75) is 13.3 Å². The van der Waals surface area contributed by atoms with Gasteiger partial charge in [0, 0.05) is 12.3 Å². The molecule has 1 unspecified atom stereocenters. The maximum absolute atomic E-state index is 11.5. The summed E-state index contributed by atoms with van der Waals surface area (Å²) in [6, 6.07) is 9.38. The number of anilines is 1. The summed E-state index contributed by atoms with van der Waals surface area (Å²) in [5, 5.41) is 14.6. The monoisotopic (exact) mass is 236 g/mol. The Kier molecular flexibility index (Phi) is 6.29. The molecule has 4 nitrogen and oxygen atoms in total. The number of amides is 1. The minimum Gasteiger partial charge on any atom is -0.396 e. The molecule has 0 aliphatic heterocycles. The Morgan fingerprint density at radius 3 is 2.71 bits per heavy atom. The standard InChI is InChI=1S/C13H20N2O2/c1-11(7-8-16)9-14-10-13(17)15-12-5-3-2-4-6-12/h2-6,11,14,16H,7-10H2,1H3,(H,15,17). The molecule has 0 aliphatic rings. The van der Waals surface area contributed by atoms with E-state index in [-0.39, 0.29) is 12.5 Å². The van der Waals surface area contributed by atoms with Gasteiger partial charge in [-0.2, -0.15) is 0 Å². The van der Waals surface area contributed by atoms with Crippen molar-refractivity contribution < 1.29 is 9.90 Å². The third kappa shape index (κ3) is 6.04. The van der Waals surface area contributed by atoms with Crippen LogP contribution in [0.2, 0.25) is 0 Å². The molecule has 0 aliphatic carbocycles. The zero-order chi connectivity index (χ0) is 12.5. The van der Waals surface area contributed by atoms with Crippen molar-refractivity contribution in [3.8, 4) is 0 Å². The van der Waals surface area contributed by atoms with Gasteiger partial charge >= 0.3 is 0 Å². The van der Waals surface area contributed by atoms with Gasteiger partial charge in [0.05, 0.1) is 6.54 Å². The maximum atomic E-state index is 11.5. The van der Waals surface area contributed by atoms with Crippen LogP contribution in [0.4, 0.5) is 5.69 Å². The van der Waals surface area contributed by atoms with E-state index < -0.39 is 0 Å². The minimum absolute atomic E-state index is 0.0487. The number of para-hydroxylation sites is 1. The molecule has 0 saturated heterocycles. The van der Waals surface area contributed by atoms with Crippen molar-refractivity contribution in [1.29, 1.82) is 0 Å². The van der Waals surface area contributed by atoms with Gasteiger partial charge in [-0.25, -0.2) is 0 Å². The molecule has 1 amide bonds. The maximum Gasteiger partial charge on any atom is 0.238 e. The highest BCUT2D eigenvalue weighted by Gasteiger charge is 2.04. The zero-order valence-corrected chi connectivity index (χ0v) is 10.1. The molecular formula is C13H20N2O2. The predicted octanol–water partition coefficient (Wildman–Crippen LogP) is 1.23. The summed E-state index contributed by atoms with van der Waals surface area (Å²) in [5.41, 5.74) is 0.808. The number of rotatable bonds is 7. The van der Waals surface area contributed by atoms with E-state index in [0.29, 0.717) is 12.5 Å². The SMILES string of the molecule is CC(CCO)CNCC(=O)Nc1ccccc1. The van der Waals surface area contributed by atoms with Gasteiger partial charge in [-0.15, -0.1) is 0 Å². The topological polar surface area (TPSA) is 61.4 Å². The van der Waals surface area contributed by atoms with E-state index in [1.807, 2.05) is 37.3 Å². The Morgan fingerprint density at radius 2 is 2.06 bits per heavy atom. The number of hydrogen-bond acceptors (Lipinski definition) is 3. The number of aliphatic hydroxyl groups excluding tert-OH is 1. The first-order chi connectivity index (χ1) is 8.22. The lowest BCUT2D eigenvalue weighted by molar-refractivity contribution is -0.115. The van der Waals surface area contributed by atoms with Crippen molar-refractivity contribution >= 4 is 11.6 Å². The van der Waals surface area contributed by atoms with Crippen molar-refractivity contribution in [3.05, 3.63) is 30.3 Å². The van der Waals surface area contributed by atoms with Crippen LogP contribution >= 0.6 is 0 Å². The molecule has 0 aromatic heterocycles. The normalized spacial score (nSPS) is 12.1. The average molecular weight is 236 g/mol. The van der Waals surface area contributed by atoms with E-state index in [9.17, 15) is 4.79 Å². The zero-order valence-electron chi connectivity index (χ0n) is 10.1. The van der Waals surface area contributed by atoms with Crippen LogP contribution in [0, 0.1) is 5.92 Å². The number of aliphatic hydroxyl groups is 1. The highest BCUT2D eigenvalue weighted by molar-refractivity contribution is 5.92. The van der Waals surface area contributed by atoms with Crippen LogP contribution in [-0.2, 0) is 4.79 Å². The quantitative estimate of drug-likeness (QED) is 0.667. The van der Waals surface area contributed by atoms with Gasteiger partial charge in [0.1, 0.15) is 0 Å². The van der Waals surface area contributed by atoms with Crippen molar-refractivity contribution in [3.63, 3.8) is 0 Å². The first kappa shape index (κ1) is 13.7. The Morgan fingerprint density at radius 1 is 1.35 bits per heavy atom. The fourth-order valence-electron chi connectivity index (χ4n) is 1.48. The molecule has 1 aromatic carbocycles. The van der Waals surface area contributed by atoms with Gasteiger partial charge < -0.3 is 15.7 Å². The minimum atomic E-state index is -0.0487. The number of nitrogens with one attached hydrogen (secondary N) is 2. The van der Waals surface area contributed by atoms with Crippen LogP contribution in [0.25, 0.3) is 0 Å². The molecule has 0 heterocycles. The summed E-state index contributed by atoms with van der Waals surface area (Å²) in [4.78, 5) is 11.5. The van der Waals surface area contributed by atoms with E-state index in [4.69, 9.17) is 5.11 Å². The Balaban J connectivity index is 2.18. The lowest BCUT2D eigenvalue weighted by Gasteiger charge is -2.11. The number of benzene rings is 1. The smallest absolute Gasteiger partial charge is 0.238 e. The molecule has 0 radical (unpaired) electrons. The largest absolute Gasteiger partial charge is 0.396 e. The van der Waals surface area contributed by atoms with Gasteiger partial charge in [0.2, 0.25) is 5.91 Å². The second-order valence-electron chi connectivity index (χ2n) is 4.16. The molecule has 94 valence electrons. The highest BCUT2D eigenvalue weighted by Crippen LogP contribution is 2.04. The lowest BCUT2D eigenvalue weighted by atomic mass is 10.1. The summed E-state index contributed by atoms with van der Waals surface area (Å²) in [5.74, 6) is 0.330. The Labute approximate surface area is 102 Å². The molecule has 1 aromatic rings. The molecule has 4 heteroatoms. The molecule has 0 fully saturated rings. The third-order valence-electron chi connectivity index (χ3n) is 2.46. The third-order valence-corrected chi connectivity index (χ3v) is 2.46. The second-order valence-corrected chi connectivity index (χ2v) is 4.16. The molecule has 0 spiro atoms. The lowest BCUT2D eigenvalue weighted by Crippen LogP contribution is -2.31. The van der Waals surface area contributed by atoms with Crippen LogP contribution in [0.3, 0.4) is 0 Å². The molecule has 3 N–H and O–H groups in total. The van der Waals surface area contributed by atoms with Crippen molar-refractivity contribution in [2.75, 3.05) is 25.0 Å². The number of hydrogen-bond donors (Lipinski definition) is 3. The highest BCUT2D eigenvalue weighted by atomic mass is 16.3. The molecule has 0 bridgehead atoms. The van der Waals surface area contributed by atoms with Crippen LogP contribution < -0.4 is 10.6 Å². The first-order valence-electron chi connectivity index (χ1n) is 5.89. The summed E-state index contributed by atoms with van der Waals surface area (Å²) >= 11 is 0. The molecule has 0 saturated carbocycles. The van der Waals surface area contributed by atoms with E-state index >= 15 is 0 Å². The predicted molar refractivity (Wildman–Crippen MR) is 68.8 cm³/mol. The van der Waals surface area contributed by atoms with Crippen LogP contribution in [0.1, 0.15) is 13.3 Å².